The van der Waals surface area contributed by atoms with Gasteiger partial charge >= 0.3 is 48.9 Å². The Labute approximate surface area is 125 Å². The summed E-state index contributed by atoms with van der Waals surface area (Å²) in [5.41, 5.74) is -2.97. The van der Waals surface area contributed by atoms with Crippen molar-refractivity contribution in [3.05, 3.63) is 0 Å². The summed E-state index contributed by atoms with van der Waals surface area (Å²) < 4.78 is 0. The summed E-state index contributed by atoms with van der Waals surface area (Å²) in [6.45, 7) is 0. The minimum Gasteiger partial charge on any atom is -0.550 e. The second-order valence-electron chi connectivity index (χ2n) is 2.42. The van der Waals surface area contributed by atoms with E-state index in [9.17, 15) is 29.7 Å². The Morgan fingerprint density at radius 1 is 1.00 bits per heavy atom. The van der Waals surface area contributed by atoms with Crippen LogP contribution in [0.1, 0.15) is 12.8 Å². The van der Waals surface area contributed by atoms with Crippen molar-refractivity contribution in [2.24, 2.45) is 0 Å². The Morgan fingerprint density at radius 3 is 1.40 bits per heavy atom. The minimum absolute atomic E-state index is 0. The Hall–Kier alpha value is -0.0986. The Bertz CT molecular complexity index is 238. The summed E-state index contributed by atoms with van der Waals surface area (Å²) >= 11 is 0. The number of carbonyl (C=O) groups is 3. The van der Waals surface area contributed by atoms with E-state index in [0.29, 0.717) is 0 Å². The zero-order valence-electron chi connectivity index (χ0n) is 8.02. The number of quaternary nitrogens is 1. The van der Waals surface area contributed by atoms with Crippen molar-refractivity contribution in [3.8, 4) is 0 Å². The molecule has 0 atom stereocenters. The van der Waals surface area contributed by atoms with Gasteiger partial charge in [0.2, 0.25) is 0 Å². The summed E-state index contributed by atoms with van der Waals surface area (Å²) in [6.07, 6.45) is -2.72. The number of carbonyl (C=O) groups excluding carboxylic acids is 3. The fourth-order valence-corrected chi connectivity index (χ4v) is 0.684. The number of rotatable bonds is 5. The average Bonchev–Trinajstić information content (AvgIpc) is 1.82. The molecule has 0 aromatic rings. The van der Waals surface area contributed by atoms with Crippen molar-refractivity contribution in [1.29, 1.82) is 0 Å². The summed E-state index contributed by atoms with van der Waals surface area (Å²) in [7, 11) is 0. The fraction of sp³-hybridized carbons (Fsp3) is 0.500. The van der Waals surface area contributed by atoms with E-state index in [4.69, 9.17) is 5.11 Å². The van der Waals surface area contributed by atoms with Crippen LogP contribution in [-0.2, 0) is 14.4 Å². The molecular weight excluding hydrogens is 335 g/mol. The van der Waals surface area contributed by atoms with E-state index in [1.807, 2.05) is 0 Å². The van der Waals surface area contributed by atoms with Gasteiger partial charge in [0.05, 0.1) is 5.97 Å². The zero-order valence-corrected chi connectivity index (χ0v) is 12.5. The van der Waals surface area contributed by atoms with Gasteiger partial charge in [-0.2, -0.15) is 0 Å². The first-order chi connectivity index (χ1) is 5.78. The molecule has 0 saturated heterocycles. The van der Waals surface area contributed by atoms with Gasteiger partial charge in [-0.25, -0.2) is 0 Å². The van der Waals surface area contributed by atoms with Crippen LogP contribution in [0.4, 0.5) is 0 Å². The van der Waals surface area contributed by atoms with Gasteiger partial charge in [0.15, 0.2) is 0 Å². The Morgan fingerprint density at radius 2 is 1.27 bits per heavy atom. The van der Waals surface area contributed by atoms with Crippen LogP contribution in [0.15, 0.2) is 0 Å². The molecule has 5 N–H and O–H groups in total. The second-order valence-corrected chi connectivity index (χ2v) is 2.42. The number of carboxylic acids is 3. The molecule has 0 aromatic carbocycles. The van der Waals surface area contributed by atoms with E-state index in [1.165, 1.54) is 0 Å². The van der Waals surface area contributed by atoms with Gasteiger partial charge in [-0.15, -0.1) is 0 Å². The van der Waals surface area contributed by atoms with Crippen molar-refractivity contribution < 1.29 is 34.8 Å². The predicted molar refractivity (Wildman–Crippen MR) is 40.9 cm³/mol. The smallest absolute Gasteiger partial charge is 0.550 e. The topological polar surface area (TPSA) is 177 Å². The number of hydrogen-bond acceptors (Lipinski definition) is 7. The van der Waals surface area contributed by atoms with Crippen LogP contribution in [-0.4, -0.2) is 77.5 Å². The number of hydrogen-bond donors (Lipinski definition) is 2. The van der Waals surface area contributed by atoms with Gasteiger partial charge < -0.3 is 41.0 Å². The first kappa shape index (κ1) is 20.3. The monoisotopic (exact) mass is 345 g/mol. The van der Waals surface area contributed by atoms with Crippen LogP contribution in [0, 0.1) is 0 Å². The molecule has 0 spiro atoms. The van der Waals surface area contributed by atoms with E-state index in [2.05, 4.69) is 0 Å². The zero-order chi connectivity index (χ0) is 10.6. The summed E-state index contributed by atoms with van der Waals surface area (Å²) in [5.74, 6) is -5.98. The van der Waals surface area contributed by atoms with Gasteiger partial charge in [0, 0.05) is 24.8 Å². The molecule has 8 nitrogen and oxygen atoms in total. The maximum Gasteiger partial charge on any atom is 2.00 e. The second kappa shape index (κ2) is 8.10. The summed E-state index contributed by atoms with van der Waals surface area (Å²) in [6, 6.07) is 0. The summed E-state index contributed by atoms with van der Waals surface area (Å²) in [4.78, 5) is 30.0. The van der Waals surface area contributed by atoms with Crippen LogP contribution < -0.4 is 21.5 Å². The number of aliphatic carboxylic acids is 3. The molecule has 0 bridgehead atoms. The molecule has 15 heavy (non-hydrogen) atoms. The van der Waals surface area contributed by atoms with E-state index in [1.54, 1.807) is 0 Å². The van der Waals surface area contributed by atoms with Gasteiger partial charge in [-0.1, -0.05) is 0 Å². The molecule has 9 heteroatoms. The van der Waals surface area contributed by atoms with Gasteiger partial charge in [-0.05, 0) is 0 Å². The quantitative estimate of drug-likeness (QED) is 0.468. The van der Waals surface area contributed by atoms with Crippen molar-refractivity contribution in [2.75, 3.05) is 0 Å². The number of carboxylic acid groups (broad SMARTS) is 3. The molecule has 82 valence electrons. The van der Waals surface area contributed by atoms with Crippen molar-refractivity contribution in [2.45, 2.75) is 18.4 Å². The third-order valence-electron chi connectivity index (χ3n) is 1.25. The molecule has 0 amide bonds. The van der Waals surface area contributed by atoms with E-state index < -0.39 is 36.4 Å². The van der Waals surface area contributed by atoms with Crippen LogP contribution in [0.3, 0.4) is 0 Å². The Balaban J connectivity index is -0.000000720. The number of aliphatic hydroxyl groups is 1. The molecule has 0 aliphatic rings. The molecule has 0 saturated carbocycles. The normalized spacial score (nSPS) is 9.40. The third kappa shape index (κ3) is 7.79. The van der Waals surface area contributed by atoms with Crippen molar-refractivity contribution in [3.63, 3.8) is 0 Å². The molecule has 0 aliphatic heterocycles. The molecular formula is C6H9BaNO7. The largest absolute Gasteiger partial charge is 2.00 e. The fourth-order valence-electron chi connectivity index (χ4n) is 0.684. The van der Waals surface area contributed by atoms with Gasteiger partial charge in [0.1, 0.15) is 5.60 Å². The molecule has 0 aromatic heterocycles. The SMILES string of the molecule is O=C([O-])CC(O)(CC(=O)[O-])C(=O)[O-].[Ba+2].[NH4+]. The standard InChI is InChI=1S/C6H8O7.Ba.H3N/c7-3(8)1-6(13,5(11)12)2-4(9)10;;/h13H,1-2H2,(H,7,8)(H,9,10)(H,11,12);;1H3/q;+2;/p-2. The van der Waals surface area contributed by atoms with Gasteiger partial charge in [0.25, 0.3) is 0 Å². The van der Waals surface area contributed by atoms with Crippen LogP contribution in [0.25, 0.3) is 0 Å². The van der Waals surface area contributed by atoms with Crippen molar-refractivity contribution >= 4 is 66.8 Å². The first-order valence-corrected chi connectivity index (χ1v) is 3.11. The summed E-state index contributed by atoms with van der Waals surface area (Å²) in [5, 5.41) is 38.9. The molecule has 0 radical (unpaired) electrons. The Kier molecular flexibility index (Phi) is 11.0. The van der Waals surface area contributed by atoms with E-state index in [-0.39, 0.29) is 55.0 Å². The molecule has 0 fully saturated rings. The van der Waals surface area contributed by atoms with Crippen LogP contribution in [0.2, 0.25) is 0 Å². The predicted octanol–water partition coefficient (Wildman–Crippen LogP) is -5.26. The van der Waals surface area contributed by atoms with Gasteiger partial charge in [-0.3, -0.25) is 0 Å². The molecule has 0 heterocycles. The van der Waals surface area contributed by atoms with Crippen molar-refractivity contribution in [1.82, 2.24) is 6.15 Å². The maximum absolute atomic E-state index is 10.1. The molecule has 0 aliphatic carbocycles. The first-order valence-electron chi connectivity index (χ1n) is 3.11. The maximum atomic E-state index is 10.1. The molecule has 0 unspecified atom stereocenters. The van der Waals surface area contributed by atoms with Crippen LogP contribution in [0.5, 0.6) is 0 Å². The molecule has 0 rings (SSSR count). The van der Waals surface area contributed by atoms with E-state index in [0.717, 1.165) is 0 Å². The third-order valence-corrected chi connectivity index (χ3v) is 1.25. The van der Waals surface area contributed by atoms with E-state index >= 15 is 0 Å². The minimum atomic E-state index is -2.97. The van der Waals surface area contributed by atoms with Crippen LogP contribution >= 0.6 is 0 Å². The average molecular weight is 344 g/mol.